The lowest BCUT2D eigenvalue weighted by Gasteiger charge is -2.27. The summed E-state index contributed by atoms with van der Waals surface area (Å²) in [6.45, 7) is 3.31. The highest BCUT2D eigenvalue weighted by atomic mass is 19.1. The van der Waals surface area contributed by atoms with E-state index >= 15 is 0 Å². The zero-order valence-electron chi connectivity index (χ0n) is 19.6. The molecule has 0 bridgehead atoms. The molecule has 0 spiro atoms. The number of nitrogens with two attached hydrogens (primary N) is 1. The van der Waals surface area contributed by atoms with E-state index in [1.54, 1.807) is 30.7 Å². The molecule has 1 saturated carbocycles. The second-order valence-electron chi connectivity index (χ2n) is 8.81. The Morgan fingerprint density at radius 1 is 1.18 bits per heavy atom. The number of aromatic nitrogens is 6. The van der Waals surface area contributed by atoms with Crippen molar-refractivity contribution in [2.75, 3.05) is 24.8 Å². The number of imidazole rings is 1. The summed E-state index contributed by atoms with van der Waals surface area (Å²) in [6, 6.07) is 3.41. The average Bonchev–Trinajstić information content (AvgIpc) is 3.28. The number of hydrogen-bond donors (Lipinski definition) is 3. The molecule has 34 heavy (non-hydrogen) atoms. The standard InChI is InChI=1S/C16H16F2N8.C7H14O/c1-8-21-11-4-3-10(22-15(11)25(8)6-5-17)12-9(18)7-26-13(12)14(20-2)23-16(19)24-26;1-7(8)5-3-2-4-6-7/h3-4,7H,5-6H2,1-2H3,(H3,19,20,23,24);8H,2-6H2,1H3. The number of aliphatic hydroxyl groups is 1. The van der Waals surface area contributed by atoms with E-state index in [2.05, 4.69) is 25.4 Å². The zero-order valence-corrected chi connectivity index (χ0v) is 19.6. The number of anilines is 2. The van der Waals surface area contributed by atoms with Gasteiger partial charge in [0.2, 0.25) is 5.95 Å². The van der Waals surface area contributed by atoms with E-state index in [1.807, 2.05) is 6.92 Å². The van der Waals surface area contributed by atoms with Gasteiger partial charge < -0.3 is 20.7 Å². The molecule has 0 atom stereocenters. The van der Waals surface area contributed by atoms with Gasteiger partial charge in [0.25, 0.3) is 0 Å². The number of hydrogen-bond acceptors (Lipinski definition) is 7. The van der Waals surface area contributed by atoms with E-state index in [0.717, 1.165) is 12.8 Å². The summed E-state index contributed by atoms with van der Waals surface area (Å²) in [4.78, 5) is 13.0. The molecule has 0 amide bonds. The molecule has 1 aliphatic rings. The third-order valence-corrected chi connectivity index (χ3v) is 6.12. The molecule has 4 aromatic heterocycles. The lowest BCUT2D eigenvalue weighted by atomic mass is 9.87. The fourth-order valence-corrected chi connectivity index (χ4v) is 4.41. The van der Waals surface area contributed by atoms with Crippen LogP contribution in [0.4, 0.5) is 20.5 Å². The second-order valence-corrected chi connectivity index (χ2v) is 8.81. The van der Waals surface area contributed by atoms with Gasteiger partial charge in [-0.2, -0.15) is 4.98 Å². The van der Waals surface area contributed by atoms with Crippen LogP contribution >= 0.6 is 0 Å². The SMILES string of the molecule is CC1(O)CCCCC1.CNc1nc(N)nn2cc(F)c(-c3ccc4nc(C)n(CCF)c4n3)c12. The van der Waals surface area contributed by atoms with Crippen LogP contribution < -0.4 is 11.1 Å². The maximum atomic E-state index is 14.7. The first-order chi connectivity index (χ1) is 16.2. The molecule has 4 heterocycles. The highest BCUT2D eigenvalue weighted by Gasteiger charge is 2.22. The smallest absolute Gasteiger partial charge is 0.240 e. The van der Waals surface area contributed by atoms with Crippen LogP contribution in [0.5, 0.6) is 0 Å². The summed E-state index contributed by atoms with van der Waals surface area (Å²) >= 11 is 0. The lowest BCUT2D eigenvalue weighted by molar-refractivity contribution is 0.0225. The number of halogens is 2. The minimum atomic E-state index is -0.543. The molecule has 0 radical (unpaired) electrons. The molecular weight excluding hydrogens is 442 g/mol. The van der Waals surface area contributed by atoms with Crippen molar-refractivity contribution in [3.8, 4) is 11.3 Å². The Balaban J connectivity index is 0.000000291. The van der Waals surface area contributed by atoms with Gasteiger partial charge in [0.1, 0.15) is 23.5 Å². The van der Waals surface area contributed by atoms with E-state index in [9.17, 15) is 13.9 Å². The van der Waals surface area contributed by atoms with Gasteiger partial charge in [0.15, 0.2) is 17.3 Å². The molecule has 0 unspecified atom stereocenters. The fraction of sp³-hybridized carbons (Fsp3) is 0.478. The van der Waals surface area contributed by atoms with E-state index in [-0.39, 0.29) is 23.7 Å². The van der Waals surface area contributed by atoms with Gasteiger partial charge in [0.05, 0.1) is 29.6 Å². The van der Waals surface area contributed by atoms with Crippen molar-refractivity contribution < 1.29 is 13.9 Å². The first kappa shape index (κ1) is 23.8. The zero-order chi connectivity index (χ0) is 24.5. The van der Waals surface area contributed by atoms with Crippen molar-refractivity contribution in [2.45, 2.75) is 58.1 Å². The van der Waals surface area contributed by atoms with Crippen molar-refractivity contribution >= 4 is 28.4 Å². The number of rotatable bonds is 4. The molecule has 0 aliphatic heterocycles. The van der Waals surface area contributed by atoms with Gasteiger partial charge in [-0.25, -0.2) is 23.3 Å². The molecule has 9 nitrogen and oxygen atoms in total. The van der Waals surface area contributed by atoms with Crippen LogP contribution in [0.1, 0.15) is 44.9 Å². The number of nitrogens with zero attached hydrogens (tertiary/aromatic N) is 6. The second kappa shape index (κ2) is 9.49. The maximum Gasteiger partial charge on any atom is 0.240 e. The number of nitrogens with one attached hydrogen (secondary N) is 1. The van der Waals surface area contributed by atoms with Gasteiger partial charge in [0, 0.05) is 7.05 Å². The van der Waals surface area contributed by atoms with Crippen LogP contribution in [-0.2, 0) is 6.54 Å². The summed E-state index contributed by atoms with van der Waals surface area (Å²) in [5, 5.41) is 16.3. The Morgan fingerprint density at radius 3 is 2.53 bits per heavy atom. The molecule has 1 fully saturated rings. The van der Waals surface area contributed by atoms with Crippen LogP contribution in [0.25, 0.3) is 27.9 Å². The van der Waals surface area contributed by atoms with Crippen LogP contribution in [0, 0.1) is 12.7 Å². The Bertz CT molecular complexity index is 1310. The molecule has 1 aliphatic carbocycles. The van der Waals surface area contributed by atoms with Crippen molar-refractivity contribution in [3.05, 3.63) is 30.0 Å². The van der Waals surface area contributed by atoms with Crippen LogP contribution in [0.3, 0.4) is 0 Å². The van der Waals surface area contributed by atoms with Gasteiger partial charge in [-0.15, -0.1) is 5.10 Å². The normalized spacial score (nSPS) is 15.4. The molecule has 0 aromatic carbocycles. The third kappa shape index (κ3) is 4.65. The summed E-state index contributed by atoms with van der Waals surface area (Å²) in [7, 11) is 1.66. The van der Waals surface area contributed by atoms with Crippen molar-refractivity contribution in [1.82, 2.24) is 29.1 Å². The van der Waals surface area contributed by atoms with Crippen molar-refractivity contribution in [1.29, 1.82) is 0 Å². The van der Waals surface area contributed by atoms with Crippen LogP contribution in [0.15, 0.2) is 18.3 Å². The summed E-state index contributed by atoms with van der Waals surface area (Å²) < 4.78 is 30.6. The number of aryl methyl sites for hydroxylation is 2. The van der Waals surface area contributed by atoms with Crippen LogP contribution in [0.2, 0.25) is 0 Å². The molecule has 182 valence electrons. The van der Waals surface area contributed by atoms with E-state index in [4.69, 9.17) is 5.73 Å². The highest BCUT2D eigenvalue weighted by molar-refractivity contribution is 5.89. The molecular formula is C23H30F2N8O. The largest absolute Gasteiger partial charge is 0.390 e. The summed E-state index contributed by atoms with van der Waals surface area (Å²) in [5.74, 6) is 0.535. The number of alkyl halides is 1. The minimum Gasteiger partial charge on any atom is -0.390 e. The Kier molecular flexibility index (Phi) is 6.65. The lowest BCUT2D eigenvalue weighted by Crippen LogP contribution is -2.26. The van der Waals surface area contributed by atoms with E-state index < -0.39 is 12.5 Å². The quantitative estimate of drug-likeness (QED) is 0.412. The summed E-state index contributed by atoms with van der Waals surface area (Å²) in [6.07, 6.45) is 6.98. The molecule has 4 aromatic rings. The molecule has 0 saturated heterocycles. The van der Waals surface area contributed by atoms with E-state index in [1.165, 1.54) is 30.0 Å². The predicted octanol–water partition coefficient (Wildman–Crippen LogP) is 3.88. The fourth-order valence-electron chi connectivity index (χ4n) is 4.41. The van der Waals surface area contributed by atoms with Gasteiger partial charge >= 0.3 is 0 Å². The van der Waals surface area contributed by atoms with E-state index in [0.29, 0.717) is 34.0 Å². The van der Waals surface area contributed by atoms with Crippen molar-refractivity contribution in [3.63, 3.8) is 0 Å². The van der Waals surface area contributed by atoms with Gasteiger partial charge in [-0.3, -0.25) is 0 Å². The summed E-state index contributed by atoms with van der Waals surface area (Å²) in [5.41, 5.74) is 7.49. The topological polar surface area (TPSA) is 119 Å². The third-order valence-electron chi connectivity index (χ3n) is 6.12. The highest BCUT2D eigenvalue weighted by Crippen LogP contribution is 2.32. The van der Waals surface area contributed by atoms with Gasteiger partial charge in [-0.1, -0.05) is 19.3 Å². The molecule has 5 rings (SSSR count). The maximum absolute atomic E-state index is 14.7. The van der Waals surface area contributed by atoms with Crippen LogP contribution in [-0.4, -0.2) is 53.6 Å². The number of nitrogen functional groups attached to an aromatic ring is 1. The monoisotopic (exact) mass is 472 g/mol. The predicted molar refractivity (Wildman–Crippen MR) is 128 cm³/mol. The number of fused-ring (bicyclic) bond motifs is 2. The van der Waals surface area contributed by atoms with Crippen molar-refractivity contribution in [2.24, 2.45) is 0 Å². The first-order valence-corrected chi connectivity index (χ1v) is 11.4. The Morgan fingerprint density at radius 2 is 1.91 bits per heavy atom. The minimum absolute atomic E-state index is 0.0171. The Hall–Kier alpha value is -3.34. The molecule has 4 N–H and O–H groups in total. The Labute approximate surface area is 196 Å². The molecule has 11 heteroatoms. The first-order valence-electron chi connectivity index (χ1n) is 11.4. The number of pyridine rings is 1. The van der Waals surface area contributed by atoms with Gasteiger partial charge in [-0.05, 0) is 38.8 Å². The average molecular weight is 473 g/mol.